The van der Waals surface area contributed by atoms with Crippen molar-refractivity contribution in [3.05, 3.63) is 107 Å². The van der Waals surface area contributed by atoms with Crippen LogP contribution in [-0.2, 0) is 0 Å². The van der Waals surface area contributed by atoms with Crippen LogP contribution in [0, 0.1) is 5.92 Å². The molecule has 0 saturated carbocycles. The first-order valence-corrected chi connectivity index (χ1v) is 9.93. The summed E-state index contributed by atoms with van der Waals surface area (Å²) in [5.41, 5.74) is 7.98. The van der Waals surface area contributed by atoms with Gasteiger partial charge >= 0.3 is 0 Å². The largest absolute Gasteiger partial charge is 0.380 e. The van der Waals surface area contributed by atoms with Crippen molar-refractivity contribution in [1.29, 1.82) is 0 Å². The maximum absolute atomic E-state index is 3.72. The maximum Gasteiger partial charge on any atom is 0.0734 e. The highest BCUT2D eigenvalue weighted by atomic mass is 14.9. The molecule has 1 heterocycles. The Morgan fingerprint density at radius 3 is 2.41 bits per heavy atom. The van der Waals surface area contributed by atoms with E-state index in [4.69, 9.17) is 0 Å². The SMILES string of the molecule is CC(C)C1=CC(C2=CCCC=C2)=CNC1c1ccccc1-c1ccccc1. The van der Waals surface area contributed by atoms with Gasteiger partial charge in [0.2, 0.25) is 0 Å². The summed E-state index contributed by atoms with van der Waals surface area (Å²) < 4.78 is 0. The van der Waals surface area contributed by atoms with Crippen LogP contribution < -0.4 is 5.32 Å². The smallest absolute Gasteiger partial charge is 0.0734 e. The zero-order chi connectivity index (χ0) is 18.6. The Balaban J connectivity index is 1.73. The molecule has 2 aromatic rings. The standard InChI is InChI=1S/C26H27N/c1-19(2)25-17-22(20-11-5-3-6-12-20)18-27-26(25)24-16-10-9-15-23(24)21-13-7-4-8-14-21/h4-5,7-19,26-27H,3,6H2,1-2H3. The molecule has 1 aliphatic carbocycles. The Morgan fingerprint density at radius 1 is 0.889 bits per heavy atom. The summed E-state index contributed by atoms with van der Waals surface area (Å²) in [7, 11) is 0. The average Bonchev–Trinajstić information content (AvgIpc) is 2.74. The van der Waals surface area contributed by atoms with E-state index in [-0.39, 0.29) is 6.04 Å². The number of benzene rings is 2. The van der Waals surface area contributed by atoms with Crippen molar-refractivity contribution in [3.8, 4) is 11.1 Å². The van der Waals surface area contributed by atoms with Crippen LogP contribution in [0.3, 0.4) is 0 Å². The molecule has 1 heteroatoms. The second kappa shape index (κ2) is 7.84. The van der Waals surface area contributed by atoms with Gasteiger partial charge in [0.15, 0.2) is 0 Å². The lowest BCUT2D eigenvalue weighted by Gasteiger charge is -2.30. The number of hydrogen-bond acceptors (Lipinski definition) is 1. The minimum Gasteiger partial charge on any atom is -0.380 e. The number of hydrogen-bond donors (Lipinski definition) is 1. The first-order chi connectivity index (χ1) is 13.2. The fourth-order valence-corrected chi connectivity index (χ4v) is 3.97. The van der Waals surface area contributed by atoms with Crippen molar-refractivity contribution in [2.45, 2.75) is 32.7 Å². The maximum atomic E-state index is 3.72. The van der Waals surface area contributed by atoms with E-state index in [1.54, 1.807) is 0 Å². The number of rotatable bonds is 4. The van der Waals surface area contributed by atoms with Crippen LogP contribution in [0.4, 0.5) is 0 Å². The molecular weight excluding hydrogens is 326 g/mol. The van der Waals surface area contributed by atoms with E-state index >= 15 is 0 Å². The van der Waals surface area contributed by atoms with Crippen LogP contribution in [-0.4, -0.2) is 0 Å². The Bertz CT molecular complexity index is 926. The van der Waals surface area contributed by atoms with E-state index in [0.717, 1.165) is 12.8 Å². The van der Waals surface area contributed by atoms with Crippen molar-refractivity contribution < 1.29 is 0 Å². The third-order valence-electron chi connectivity index (χ3n) is 5.41. The summed E-state index contributed by atoms with van der Waals surface area (Å²) in [4.78, 5) is 0. The van der Waals surface area contributed by atoms with Gasteiger partial charge in [-0.3, -0.25) is 0 Å². The third-order valence-corrected chi connectivity index (χ3v) is 5.41. The predicted molar refractivity (Wildman–Crippen MR) is 115 cm³/mol. The molecule has 0 fully saturated rings. The van der Waals surface area contributed by atoms with Gasteiger partial charge in [-0.15, -0.1) is 0 Å². The Morgan fingerprint density at radius 2 is 1.67 bits per heavy atom. The third kappa shape index (κ3) is 3.68. The Hall–Kier alpha value is -2.80. The number of dihydropyridines is 1. The molecular formula is C26H27N. The average molecular weight is 354 g/mol. The van der Waals surface area contributed by atoms with Gasteiger partial charge in [-0.05, 0) is 52.2 Å². The van der Waals surface area contributed by atoms with Crippen molar-refractivity contribution in [2.75, 3.05) is 0 Å². The molecule has 1 atom stereocenters. The number of nitrogens with one attached hydrogen (secondary N) is 1. The Kier molecular flexibility index (Phi) is 5.11. The van der Waals surface area contributed by atoms with E-state index in [2.05, 4.69) is 104 Å². The van der Waals surface area contributed by atoms with Crippen molar-refractivity contribution >= 4 is 0 Å². The van der Waals surface area contributed by atoms with Crippen LogP contribution in [0.5, 0.6) is 0 Å². The number of allylic oxidation sites excluding steroid dienone is 6. The van der Waals surface area contributed by atoms with Gasteiger partial charge in [0, 0.05) is 6.20 Å². The van der Waals surface area contributed by atoms with Crippen LogP contribution >= 0.6 is 0 Å². The molecule has 4 rings (SSSR count). The van der Waals surface area contributed by atoms with Gasteiger partial charge in [-0.2, -0.15) is 0 Å². The van der Waals surface area contributed by atoms with E-state index in [1.165, 1.54) is 33.4 Å². The fourth-order valence-electron chi connectivity index (χ4n) is 3.97. The zero-order valence-corrected chi connectivity index (χ0v) is 16.2. The molecule has 2 aromatic carbocycles. The summed E-state index contributed by atoms with van der Waals surface area (Å²) >= 11 is 0. The van der Waals surface area contributed by atoms with Crippen LogP contribution in [0.2, 0.25) is 0 Å². The molecule has 0 bridgehead atoms. The Labute approximate surface area is 162 Å². The lowest BCUT2D eigenvalue weighted by molar-refractivity contribution is 0.600. The summed E-state index contributed by atoms with van der Waals surface area (Å²) in [6.45, 7) is 4.58. The molecule has 2 aliphatic rings. The van der Waals surface area contributed by atoms with Crippen molar-refractivity contribution in [3.63, 3.8) is 0 Å². The highest BCUT2D eigenvalue weighted by Crippen LogP contribution is 2.38. The minimum absolute atomic E-state index is 0.207. The summed E-state index contributed by atoms with van der Waals surface area (Å²) in [6.07, 6.45) is 13.8. The lowest BCUT2D eigenvalue weighted by atomic mass is 9.83. The zero-order valence-electron chi connectivity index (χ0n) is 16.2. The van der Waals surface area contributed by atoms with Gasteiger partial charge in [-0.25, -0.2) is 0 Å². The highest BCUT2D eigenvalue weighted by molar-refractivity contribution is 5.69. The van der Waals surface area contributed by atoms with Gasteiger partial charge in [0.25, 0.3) is 0 Å². The molecule has 0 amide bonds. The van der Waals surface area contributed by atoms with Crippen LogP contribution in [0.25, 0.3) is 11.1 Å². The molecule has 1 nitrogen and oxygen atoms in total. The predicted octanol–water partition coefficient (Wildman–Crippen LogP) is 6.74. The van der Waals surface area contributed by atoms with Gasteiger partial charge in [0.1, 0.15) is 0 Å². The molecule has 1 unspecified atom stereocenters. The molecule has 0 aromatic heterocycles. The second-order valence-electron chi connectivity index (χ2n) is 7.59. The van der Waals surface area contributed by atoms with E-state index < -0.39 is 0 Å². The summed E-state index contributed by atoms with van der Waals surface area (Å²) in [5, 5.41) is 3.72. The molecule has 0 spiro atoms. The molecule has 27 heavy (non-hydrogen) atoms. The van der Waals surface area contributed by atoms with Crippen molar-refractivity contribution in [1.82, 2.24) is 5.32 Å². The molecule has 1 N–H and O–H groups in total. The topological polar surface area (TPSA) is 12.0 Å². The fraction of sp³-hybridized carbons (Fsp3) is 0.231. The highest BCUT2D eigenvalue weighted by Gasteiger charge is 2.24. The van der Waals surface area contributed by atoms with Crippen LogP contribution in [0.15, 0.2) is 102 Å². The lowest BCUT2D eigenvalue weighted by Crippen LogP contribution is -2.25. The first-order valence-electron chi connectivity index (χ1n) is 9.93. The van der Waals surface area contributed by atoms with E-state index in [9.17, 15) is 0 Å². The molecule has 136 valence electrons. The monoisotopic (exact) mass is 353 g/mol. The van der Waals surface area contributed by atoms with E-state index in [0.29, 0.717) is 5.92 Å². The van der Waals surface area contributed by atoms with Crippen LogP contribution in [0.1, 0.15) is 38.3 Å². The second-order valence-corrected chi connectivity index (χ2v) is 7.59. The molecule has 1 aliphatic heterocycles. The quantitative estimate of drug-likeness (QED) is 0.642. The minimum atomic E-state index is 0.207. The van der Waals surface area contributed by atoms with Gasteiger partial charge in [-0.1, -0.05) is 92.7 Å². The summed E-state index contributed by atoms with van der Waals surface area (Å²) in [5.74, 6) is 0.475. The van der Waals surface area contributed by atoms with Crippen molar-refractivity contribution in [2.24, 2.45) is 5.92 Å². The molecule has 0 saturated heterocycles. The normalized spacial score (nSPS) is 19.2. The summed E-state index contributed by atoms with van der Waals surface area (Å²) in [6, 6.07) is 19.7. The van der Waals surface area contributed by atoms with E-state index in [1.807, 2.05) is 0 Å². The van der Waals surface area contributed by atoms with Gasteiger partial charge < -0.3 is 5.32 Å². The molecule has 0 radical (unpaired) electrons. The van der Waals surface area contributed by atoms with Gasteiger partial charge in [0.05, 0.1) is 6.04 Å². The first kappa shape index (κ1) is 17.6.